The van der Waals surface area contributed by atoms with Crippen molar-refractivity contribution in [3.8, 4) is 5.88 Å². The van der Waals surface area contributed by atoms with Crippen molar-refractivity contribution in [2.24, 2.45) is 5.73 Å². The van der Waals surface area contributed by atoms with Gasteiger partial charge in [-0.2, -0.15) is 5.10 Å². The van der Waals surface area contributed by atoms with Crippen LogP contribution in [0.4, 0.5) is 0 Å². The van der Waals surface area contributed by atoms with Gasteiger partial charge in [-0.05, 0) is 6.42 Å². The normalized spacial score (nSPS) is 12.4. The molecule has 0 aliphatic heterocycles. The van der Waals surface area contributed by atoms with Gasteiger partial charge in [0.15, 0.2) is 0 Å². The maximum Gasteiger partial charge on any atom is 0.216 e. The average molecular weight is 262 g/mol. The number of aryl methyl sites for hydroxylation is 1. The number of methoxy groups -OCH3 is 1. The summed E-state index contributed by atoms with van der Waals surface area (Å²) in [5, 5.41) is 4.18. The van der Waals surface area contributed by atoms with Gasteiger partial charge in [-0.25, -0.2) is 15.0 Å². The Morgan fingerprint density at radius 2 is 2.16 bits per heavy atom. The summed E-state index contributed by atoms with van der Waals surface area (Å²) in [5.41, 5.74) is 6.88. The minimum atomic E-state index is -0.253. The lowest BCUT2D eigenvalue weighted by Gasteiger charge is -2.11. The van der Waals surface area contributed by atoms with Crippen LogP contribution in [0, 0.1) is 0 Å². The highest BCUT2D eigenvalue weighted by molar-refractivity contribution is 5.17. The van der Waals surface area contributed by atoms with Crippen molar-refractivity contribution in [2.45, 2.75) is 32.4 Å². The first-order chi connectivity index (χ1) is 9.24. The molecule has 0 saturated carbocycles. The van der Waals surface area contributed by atoms with Gasteiger partial charge in [0.2, 0.25) is 5.88 Å². The monoisotopic (exact) mass is 262 g/mol. The van der Waals surface area contributed by atoms with Crippen molar-refractivity contribution >= 4 is 0 Å². The summed E-state index contributed by atoms with van der Waals surface area (Å²) in [5.74, 6) is 1.38. The van der Waals surface area contributed by atoms with Gasteiger partial charge in [0.05, 0.1) is 18.8 Å². The summed E-state index contributed by atoms with van der Waals surface area (Å²) < 4.78 is 6.94. The SMILES string of the molecule is CCCn1ncnc1CC(N)c1cc(OC)ncn1. The van der Waals surface area contributed by atoms with Gasteiger partial charge in [0.25, 0.3) is 0 Å². The molecule has 102 valence electrons. The molecule has 2 N–H and O–H groups in total. The number of hydrogen-bond acceptors (Lipinski definition) is 6. The van der Waals surface area contributed by atoms with Crippen LogP contribution in [0.5, 0.6) is 5.88 Å². The van der Waals surface area contributed by atoms with Crippen LogP contribution in [0.1, 0.15) is 30.9 Å². The van der Waals surface area contributed by atoms with Gasteiger partial charge in [-0.3, -0.25) is 4.68 Å². The Morgan fingerprint density at radius 1 is 1.32 bits per heavy atom. The number of aromatic nitrogens is 5. The third-order valence-electron chi connectivity index (χ3n) is 2.79. The van der Waals surface area contributed by atoms with E-state index in [0.29, 0.717) is 12.3 Å². The maximum atomic E-state index is 6.15. The third kappa shape index (κ3) is 3.25. The fraction of sp³-hybridized carbons (Fsp3) is 0.500. The van der Waals surface area contributed by atoms with Crippen molar-refractivity contribution in [1.29, 1.82) is 0 Å². The van der Waals surface area contributed by atoms with E-state index in [-0.39, 0.29) is 6.04 Å². The van der Waals surface area contributed by atoms with Gasteiger partial charge in [-0.15, -0.1) is 0 Å². The molecule has 0 radical (unpaired) electrons. The molecule has 2 rings (SSSR count). The molecule has 0 saturated heterocycles. The molecule has 19 heavy (non-hydrogen) atoms. The average Bonchev–Trinajstić information content (AvgIpc) is 2.86. The van der Waals surface area contributed by atoms with Crippen LogP contribution in [0.15, 0.2) is 18.7 Å². The fourth-order valence-corrected chi connectivity index (χ4v) is 1.81. The minimum absolute atomic E-state index is 0.253. The number of nitrogens with two attached hydrogens (primary N) is 1. The van der Waals surface area contributed by atoms with Crippen LogP contribution >= 0.6 is 0 Å². The summed E-state index contributed by atoms with van der Waals surface area (Å²) in [4.78, 5) is 12.4. The van der Waals surface area contributed by atoms with E-state index in [0.717, 1.165) is 24.5 Å². The molecule has 0 bridgehead atoms. The van der Waals surface area contributed by atoms with Crippen LogP contribution in [0.2, 0.25) is 0 Å². The zero-order valence-electron chi connectivity index (χ0n) is 11.2. The quantitative estimate of drug-likeness (QED) is 0.825. The van der Waals surface area contributed by atoms with Crippen LogP contribution in [-0.2, 0) is 13.0 Å². The van der Waals surface area contributed by atoms with Gasteiger partial charge >= 0.3 is 0 Å². The van der Waals surface area contributed by atoms with Crippen LogP contribution < -0.4 is 10.5 Å². The van der Waals surface area contributed by atoms with E-state index in [1.807, 2.05) is 4.68 Å². The Balaban J connectivity index is 2.11. The molecule has 7 heteroatoms. The highest BCUT2D eigenvalue weighted by Crippen LogP contribution is 2.15. The molecule has 0 aromatic carbocycles. The van der Waals surface area contributed by atoms with E-state index < -0.39 is 0 Å². The third-order valence-corrected chi connectivity index (χ3v) is 2.79. The predicted octanol–water partition coefficient (Wildman–Crippen LogP) is 0.729. The highest BCUT2D eigenvalue weighted by Gasteiger charge is 2.14. The number of nitrogens with zero attached hydrogens (tertiary/aromatic N) is 5. The Kier molecular flexibility index (Phi) is 4.40. The molecule has 7 nitrogen and oxygen atoms in total. The second-order valence-corrected chi connectivity index (χ2v) is 4.20. The molecule has 0 amide bonds. The molecule has 2 aromatic heterocycles. The molecule has 1 atom stereocenters. The van der Waals surface area contributed by atoms with Crippen LogP contribution in [0.25, 0.3) is 0 Å². The van der Waals surface area contributed by atoms with Crippen molar-refractivity contribution in [3.63, 3.8) is 0 Å². The Hall–Kier alpha value is -2.02. The van der Waals surface area contributed by atoms with Crippen LogP contribution in [-0.4, -0.2) is 31.8 Å². The van der Waals surface area contributed by atoms with E-state index in [2.05, 4.69) is 27.0 Å². The second kappa shape index (κ2) is 6.24. The Labute approximate surface area is 111 Å². The van der Waals surface area contributed by atoms with Crippen molar-refractivity contribution in [1.82, 2.24) is 24.7 Å². The highest BCUT2D eigenvalue weighted by atomic mass is 16.5. The fourth-order valence-electron chi connectivity index (χ4n) is 1.81. The van der Waals surface area contributed by atoms with E-state index in [1.54, 1.807) is 19.5 Å². The first-order valence-corrected chi connectivity index (χ1v) is 6.22. The first kappa shape index (κ1) is 13.4. The molecule has 2 heterocycles. The zero-order chi connectivity index (χ0) is 13.7. The molecule has 0 spiro atoms. The van der Waals surface area contributed by atoms with Crippen molar-refractivity contribution in [3.05, 3.63) is 30.2 Å². The van der Waals surface area contributed by atoms with E-state index >= 15 is 0 Å². The number of hydrogen-bond donors (Lipinski definition) is 1. The summed E-state index contributed by atoms with van der Waals surface area (Å²) in [6, 6.07) is 1.49. The molecular weight excluding hydrogens is 244 g/mol. The molecule has 0 aliphatic carbocycles. The first-order valence-electron chi connectivity index (χ1n) is 6.22. The summed E-state index contributed by atoms with van der Waals surface area (Å²) in [6.45, 7) is 2.94. The molecule has 2 aromatic rings. The van der Waals surface area contributed by atoms with Crippen molar-refractivity contribution < 1.29 is 4.74 Å². The summed E-state index contributed by atoms with van der Waals surface area (Å²) >= 11 is 0. The summed E-state index contributed by atoms with van der Waals surface area (Å²) in [7, 11) is 1.56. The van der Waals surface area contributed by atoms with Gasteiger partial charge < -0.3 is 10.5 Å². The standard InChI is InChI=1S/C12H18N6O/c1-3-4-18-11(15-8-17-18)5-9(13)10-6-12(19-2)16-7-14-10/h6-9H,3-5,13H2,1-2H3. The molecule has 0 fully saturated rings. The van der Waals surface area contributed by atoms with Crippen LogP contribution in [0.3, 0.4) is 0 Å². The maximum absolute atomic E-state index is 6.15. The zero-order valence-corrected chi connectivity index (χ0v) is 11.2. The lowest BCUT2D eigenvalue weighted by Crippen LogP contribution is -2.18. The number of ether oxygens (including phenoxy) is 1. The molecule has 1 unspecified atom stereocenters. The largest absolute Gasteiger partial charge is 0.481 e. The Bertz CT molecular complexity index is 526. The smallest absolute Gasteiger partial charge is 0.216 e. The number of rotatable bonds is 6. The topological polar surface area (TPSA) is 91.7 Å². The van der Waals surface area contributed by atoms with Gasteiger partial charge in [0.1, 0.15) is 18.5 Å². The van der Waals surface area contributed by atoms with Gasteiger partial charge in [-0.1, -0.05) is 6.92 Å². The lowest BCUT2D eigenvalue weighted by atomic mass is 10.1. The van der Waals surface area contributed by atoms with E-state index in [4.69, 9.17) is 10.5 Å². The van der Waals surface area contributed by atoms with Crippen molar-refractivity contribution in [2.75, 3.05) is 7.11 Å². The predicted molar refractivity (Wildman–Crippen MR) is 69.5 cm³/mol. The second-order valence-electron chi connectivity index (χ2n) is 4.20. The Morgan fingerprint density at radius 3 is 2.89 bits per heavy atom. The molecular formula is C12H18N6O. The molecule has 0 aliphatic rings. The summed E-state index contributed by atoms with van der Waals surface area (Å²) in [6.07, 6.45) is 4.59. The minimum Gasteiger partial charge on any atom is -0.481 e. The van der Waals surface area contributed by atoms with E-state index in [9.17, 15) is 0 Å². The van der Waals surface area contributed by atoms with Gasteiger partial charge in [0, 0.05) is 19.0 Å². The lowest BCUT2D eigenvalue weighted by molar-refractivity contribution is 0.395. The van der Waals surface area contributed by atoms with E-state index in [1.165, 1.54) is 6.33 Å².